The van der Waals surface area contributed by atoms with Crippen molar-refractivity contribution in [3.05, 3.63) is 29.3 Å². The fourth-order valence-corrected chi connectivity index (χ4v) is 3.48. The van der Waals surface area contributed by atoms with Gasteiger partial charge >= 0.3 is 0 Å². The largest absolute Gasteiger partial charge is 0.493 e. The number of ether oxygens (including phenoxy) is 1. The van der Waals surface area contributed by atoms with Crippen molar-refractivity contribution in [1.29, 1.82) is 0 Å². The van der Waals surface area contributed by atoms with Gasteiger partial charge < -0.3 is 15.0 Å². The molecule has 2 unspecified atom stereocenters. The van der Waals surface area contributed by atoms with Gasteiger partial charge in [-0.15, -0.1) is 0 Å². The topological polar surface area (TPSA) is 41.6 Å². The molecule has 22 heavy (non-hydrogen) atoms. The number of amides is 1. The van der Waals surface area contributed by atoms with E-state index < -0.39 is 0 Å². The average Bonchev–Trinajstić information content (AvgIpc) is 2.89. The third-order valence-electron chi connectivity index (χ3n) is 4.72. The van der Waals surface area contributed by atoms with Crippen LogP contribution in [0, 0.1) is 6.92 Å². The molecule has 1 fully saturated rings. The van der Waals surface area contributed by atoms with E-state index in [2.05, 4.69) is 30.4 Å². The van der Waals surface area contributed by atoms with Crippen molar-refractivity contribution in [2.45, 2.75) is 51.6 Å². The van der Waals surface area contributed by atoms with Crippen LogP contribution in [0.25, 0.3) is 0 Å². The first kappa shape index (κ1) is 15.3. The first-order valence-corrected chi connectivity index (χ1v) is 8.44. The normalized spacial score (nSPS) is 24.5. The molecule has 3 rings (SSSR count). The van der Waals surface area contributed by atoms with Gasteiger partial charge in [0, 0.05) is 37.2 Å². The summed E-state index contributed by atoms with van der Waals surface area (Å²) in [5, 5.41) is 3.77. The van der Waals surface area contributed by atoms with Gasteiger partial charge in [-0.1, -0.05) is 19.1 Å². The van der Waals surface area contributed by atoms with Gasteiger partial charge in [-0.3, -0.25) is 4.79 Å². The molecule has 0 aromatic heterocycles. The zero-order chi connectivity index (χ0) is 15.5. The minimum atomic E-state index is 0.268. The summed E-state index contributed by atoms with van der Waals surface area (Å²) < 4.78 is 5.90. The lowest BCUT2D eigenvalue weighted by molar-refractivity contribution is -0.129. The number of hydrogen-bond acceptors (Lipinski definition) is 3. The summed E-state index contributed by atoms with van der Waals surface area (Å²) in [6.07, 6.45) is 3.81. The van der Waals surface area contributed by atoms with Gasteiger partial charge in [0.25, 0.3) is 0 Å². The Morgan fingerprint density at radius 2 is 2.27 bits per heavy atom. The van der Waals surface area contributed by atoms with E-state index in [4.69, 9.17) is 4.74 Å². The van der Waals surface area contributed by atoms with Crippen LogP contribution in [-0.4, -0.2) is 36.5 Å². The smallest absolute Gasteiger partial charge is 0.222 e. The molecular formula is C18H26N2O2. The molecule has 2 atom stereocenters. The Balaban J connectivity index is 1.69. The Kier molecular flexibility index (Phi) is 4.67. The third-order valence-corrected chi connectivity index (χ3v) is 4.72. The SMILES string of the molecule is CCC(=O)N1CCC(NC2CCCOc3cc(C)ccc32)C1. The van der Waals surface area contributed by atoms with Crippen molar-refractivity contribution >= 4 is 5.91 Å². The molecule has 2 heterocycles. The first-order valence-electron chi connectivity index (χ1n) is 8.44. The van der Waals surface area contributed by atoms with Crippen LogP contribution in [0.3, 0.4) is 0 Å². The molecule has 0 aliphatic carbocycles. The van der Waals surface area contributed by atoms with Gasteiger partial charge in [-0.2, -0.15) is 0 Å². The lowest BCUT2D eigenvalue weighted by Crippen LogP contribution is -2.37. The van der Waals surface area contributed by atoms with Crippen LogP contribution >= 0.6 is 0 Å². The van der Waals surface area contributed by atoms with Gasteiger partial charge in [-0.05, 0) is 37.8 Å². The fraction of sp³-hybridized carbons (Fsp3) is 0.611. The molecule has 1 amide bonds. The van der Waals surface area contributed by atoms with Gasteiger partial charge in [0.1, 0.15) is 5.75 Å². The molecule has 120 valence electrons. The zero-order valence-corrected chi connectivity index (χ0v) is 13.6. The number of likely N-dealkylation sites (tertiary alicyclic amines) is 1. The van der Waals surface area contributed by atoms with E-state index in [0.717, 1.165) is 44.7 Å². The summed E-state index contributed by atoms with van der Waals surface area (Å²) in [5.41, 5.74) is 2.50. The number of carbonyl (C=O) groups excluding carboxylic acids is 1. The first-order chi connectivity index (χ1) is 10.7. The van der Waals surface area contributed by atoms with E-state index in [1.165, 1.54) is 11.1 Å². The van der Waals surface area contributed by atoms with Crippen LogP contribution < -0.4 is 10.1 Å². The Hall–Kier alpha value is -1.55. The second-order valence-corrected chi connectivity index (χ2v) is 6.43. The number of nitrogens with zero attached hydrogens (tertiary/aromatic N) is 1. The highest BCUT2D eigenvalue weighted by Gasteiger charge is 2.29. The number of fused-ring (bicyclic) bond motifs is 1. The van der Waals surface area contributed by atoms with Crippen LogP contribution in [0.1, 0.15) is 49.8 Å². The summed E-state index contributed by atoms with van der Waals surface area (Å²) in [7, 11) is 0. The molecular weight excluding hydrogens is 276 g/mol. The summed E-state index contributed by atoms with van der Waals surface area (Å²) in [5.74, 6) is 1.29. The molecule has 4 nitrogen and oxygen atoms in total. The molecule has 1 aromatic carbocycles. The third kappa shape index (κ3) is 3.27. The Morgan fingerprint density at radius 1 is 1.41 bits per heavy atom. The van der Waals surface area contributed by atoms with Crippen LogP contribution in [0.15, 0.2) is 18.2 Å². The van der Waals surface area contributed by atoms with Gasteiger partial charge in [0.05, 0.1) is 6.61 Å². The molecule has 0 bridgehead atoms. The van der Waals surface area contributed by atoms with E-state index in [1.54, 1.807) is 0 Å². The molecule has 0 radical (unpaired) electrons. The van der Waals surface area contributed by atoms with Crippen LogP contribution in [0.5, 0.6) is 5.75 Å². The molecule has 2 aliphatic heterocycles. The van der Waals surface area contributed by atoms with Crippen LogP contribution in [-0.2, 0) is 4.79 Å². The minimum Gasteiger partial charge on any atom is -0.493 e. The fourth-order valence-electron chi connectivity index (χ4n) is 3.48. The van der Waals surface area contributed by atoms with Crippen molar-refractivity contribution in [3.63, 3.8) is 0 Å². The molecule has 0 saturated carbocycles. The van der Waals surface area contributed by atoms with E-state index in [1.807, 2.05) is 11.8 Å². The Labute approximate surface area is 132 Å². The zero-order valence-electron chi connectivity index (χ0n) is 13.6. The van der Waals surface area contributed by atoms with Crippen molar-refractivity contribution in [1.82, 2.24) is 10.2 Å². The standard InChI is InChI=1S/C18H26N2O2/c1-3-18(21)20-9-8-14(12-20)19-16-5-4-10-22-17-11-13(2)6-7-15(16)17/h6-7,11,14,16,19H,3-5,8-10,12H2,1-2H3. The van der Waals surface area contributed by atoms with E-state index in [-0.39, 0.29) is 5.91 Å². The summed E-state index contributed by atoms with van der Waals surface area (Å²) in [6, 6.07) is 7.21. The highest BCUT2D eigenvalue weighted by atomic mass is 16.5. The predicted octanol–water partition coefficient (Wildman–Crippen LogP) is 2.81. The molecule has 1 aromatic rings. The van der Waals surface area contributed by atoms with Crippen molar-refractivity contribution < 1.29 is 9.53 Å². The molecule has 0 spiro atoms. The monoisotopic (exact) mass is 302 g/mol. The lowest BCUT2D eigenvalue weighted by atomic mass is 9.99. The van der Waals surface area contributed by atoms with Crippen molar-refractivity contribution in [2.75, 3.05) is 19.7 Å². The molecule has 4 heteroatoms. The average molecular weight is 302 g/mol. The summed E-state index contributed by atoms with van der Waals surface area (Å²) in [4.78, 5) is 13.8. The number of carbonyl (C=O) groups is 1. The maximum atomic E-state index is 11.8. The summed E-state index contributed by atoms with van der Waals surface area (Å²) in [6.45, 7) is 6.55. The maximum absolute atomic E-state index is 11.8. The second kappa shape index (κ2) is 6.69. The highest BCUT2D eigenvalue weighted by Crippen LogP contribution is 2.33. The van der Waals surface area contributed by atoms with E-state index >= 15 is 0 Å². The molecule has 1 saturated heterocycles. The van der Waals surface area contributed by atoms with Gasteiger partial charge in [0.2, 0.25) is 5.91 Å². The Bertz CT molecular complexity index is 544. The highest BCUT2D eigenvalue weighted by molar-refractivity contribution is 5.76. The Morgan fingerprint density at radius 3 is 3.09 bits per heavy atom. The lowest BCUT2D eigenvalue weighted by Gasteiger charge is -2.23. The summed E-state index contributed by atoms with van der Waals surface area (Å²) >= 11 is 0. The van der Waals surface area contributed by atoms with E-state index in [9.17, 15) is 4.79 Å². The maximum Gasteiger partial charge on any atom is 0.222 e. The van der Waals surface area contributed by atoms with Gasteiger partial charge in [0.15, 0.2) is 0 Å². The van der Waals surface area contributed by atoms with E-state index in [0.29, 0.717) is 18.5 Å². The number of benzene rings is 1. The number of rotatable bonds is 3. The predicted molar refractivity (Wildman–Crippen MR) is 87.1 cm³/mol. The van der Waals surface area contributed by atoms with Gasteiger partial charge in [-0.25, -0.2) is 0 Å². The number of aryl methyl sites for hydroxylation is 1. The molecule has 2 aliphatic rings. The second-order valence-electron chi connectivity index (χ2n) is 6.43. The van der Waals surface area contributed by atoms with Crippen LogP contribution in [0.2, 0.25) is 0 Å². The number of nitrogens with one attached hydrogen (secondary N) is 1. The quantitative estimate of drug-likeness (QED) is 0.933. The van der Waals surface area contributed by atoms with Crippen LogP contribution in [0.4, 0.5) is 0 Å². The molecule has 1 N–H and O–H groups in total. The number of hydrogen-bond donors (Lipinski definition) is 1. The van der Waals surface area contributed by atoms with Crippen molar-refractivity contribution in [2.24, 2.45) is 0 Å². The van der Waals surface area contributed by atoms with Crippen molar-refractivity contribution in [3.8, 4) is 5.75 Å². The minimum absolute atomic E-state index is 0.268.